The van der Waals surface area contributed by atoms with Gasteiger partial charge in [0, 0.05) is 5.69 Å². The molecule has 0 unspecified atom stereocenters. The average Bonchev–Trinajstić information content (AvgIpc) is 2.68. The summed E-state index contributed by atoms with van der Waals surface area (Å²) in [5.74, 6) is -0.349. The molecular formula is C20H17F3N4O. The molecule has 1 heterocycles. The number of carbonyl (C=O) groups excluding carboxylic acids is 1. The van der Waals surface area contributed by atoms with Gasteiger partial charge in [0.2, 0.25) is 0 Å². The molecular weight excluding hydrogens is 369 g/mol. The maximum atomic E-state index is 13.0. The van der Waals surface area contributed by atoms with Gasteiger partial charge in [-0.15, -0.1) is 0 Å². The molecule has 3 aromatic rings. The molecule has 1 amide bonds. The standard InChI is InChI=1S/C20H17F3N4O/c1-2-13-7-3-5-9-15(13)26-18-12-24-17(11-25-18)19(28)27-16-10-6-4-8-14(16)20(21,22)23/h3-12H,2H2,1H3,(H,25,26)(H,27,28). The van der Waals surface area contributed by atoms with Crippen LogP contribution in [0.2, 0.25) is 0 Å². The molecule has 0 saturated carbocycles. The number of hydrogen-bond acceptors (Lipinski definition) is 4. The van der Waals surface area contributed by atoms with Crippen molar-refractivity contribution in [3.8, 4) is 0 Å². The molecule has 0 spiro atoms. The Morgan fingerprint density at radius 3 is 2.29 bits per heavy atom. The summed E-state index contributed by atoms with van der Waals surface area (Å²) in [7, 11) is 0. The predicted molar refractivity (Wildman–Crippen MR) is 101 cm³/mol. The van der Waals surface area contributed by atoms with E-state index >= 15 is 0 Å². The molecule has 0 aliphatic heterocycles. The highest BCUT2D eigenvalue weighted by atomic mass is 19.4. The lowest BCUT2D eigenvalue weighted by Gasteiger charge is -2.13. The first-order chi connectivity index (χ1) is 13.4. The van der Waals surface area contributed by atoms with Crippen molar-refractivity contribution >= 4 is 23.1 Å². The summed E-state index contributed by atoms with van der Waals surface area (Å²) in [6, 6.07) is 12.5. The van der Waals surface area contributed by atoms with Crippen LogP contribution in [0.25, 0.3) is 0 Å². The Bertz CT molecular complexity index is 972. The highest BCUT2D eigenvalue weighted by Crippen LogP contribution is 2.34. The number of aryl methyl sites for hydroxylation is 1. The van der Waals surface area contributed by atoms with Crippen molar-refractivity contribution in [3.63, 3.8) is 0 Å². The van der Waals surface area contributed by atoms with Crippen LogP contribution in [0.5, 0.6) is 0 Å². The Morgan fingerprint density at radius 2 is 1.64 bits per heavy atom. The second-order valence-electron chi connectivity index (χ2n) is 5.92. The number of hydrogen-bond donors (Lipinski definition) is 2. The number of nitrogens with one attached hydrogen (secondary N) is 2. The first-order valence-electron chi connectivity index (χ1n) is 8.53. The van der Waals surface area contributed by atoms with Gasteiger partial charge in [-0.05, 0) is 30.2 Å². The van der Waals surface area contributed by atoms with Crippen molar-refractivity contribution in [2.75, 3.05) is 10.6 Å². The SMILES string of the molecule is CCc1ccccc1Nc1cnc(C(=O)Nc2ccccc2C(F)(F)F)cn1. The summed E-state index contributed by atoms with van der Waals surface area (Å²) >= 11 is 0. The molecule has 0 bridgehead atoms. The van der Waals surface area contributed by atoms with E-state index in [1.54, 1.807) is 0 Å². The first kappa shape index (κ1) is 19.3. The molecule has 0 atom stereocenters. The van der Waals surface area contributed by atoms with E-state index in [0.717, 1.165) is 23.7 Å². The van der Waals surface area contributed by atoms with Gasteiger partial charge in [0.05, 0.1) is 23.6 Å². The average molecular weight is 386 g/mol. The Balaban J connectivity index is 1.75. The maximum absolute atomic E-state index is 13.0. The molecule has 2 aromatic carbocycles. The van der Waals surface area contributed by atoms with Gasteiger partial charge in [-0.25, -0.2) is 9.97 Å². The van der Waals surface area contributed by atoms with Crippen molar-refractivity contribution in [3.05, 3.63) is 77.7 Å². The van der Waals surface area contributed by atoms with Crippen LogP contribution in [0.3, 0.4) is 0 Å². The summed E-state index contributed by atoms with van der Waals surface area (Å²) in [5, 5.41) is 5.35. The van der Waals surface area contributed by atoms with E-state index in [0.29, 0.717) is 5.82 Å². The molecule has 5 nitrogen and oxygen atoms in total. The smallest absolute Gasteiger partial charge is 0.339 e. The monoisotopic (exact) mass is 386 g/mol. The minimum atomic E-state index is -4.57. The Labute approximate surface area is 159 Å². The highest BCUT2D eigenvalue weighted by Gasteiger charge is 2.33. The second-order valence-corrected chi connectivity index (χ2v) is 5.92. The van der Waals surface area contributed by atoms with Gasteiger partial charge in [0.1, 0.15) is 11.5 Å². The first-order valence-corrected chi connectivity index (χ1v) is 8.53. The van der Waals surface area contributed by atoms with Gasteiger partial charge >= 0.3 is 6.18 Å². The van der Waals surface area contributed by atoms with Crippen LogP contribution in [-0.4, -0.2) is 15.9 Å². The van der Waals surface area contributed by atoms with Crippen LogP contribution in [0.15, 0.2) is 60.9 Å². The molecule has 0 aliphatic rings. The predicted octanol–water partition coefficient (Wildman–Crippen LogP) is 5.05. The molecule has 8 heteroatoms. The van der Waals surface area contributed by atoms with Crippen LogP contribution in [0.4, 0.5) is 30.4 Å². The van der Waals surface area contributed by atoms with Gasteiger partial charge in [-0.3, -0.25) is 4.79 Å². The van der Waals surface area contributed by atoms with Crippen LogP contribution < -0.4 is 10.6 Å². The lowest BCUT2D eigenvalue weighted by molar-refractivity contribution is -0.136. The van der Waals surface area contributed by atoms with E-state index in [4.69, 9.17) is 0 Å². The summed E-state index contributed by atoms with van der Waals surface area (Å²) < 4.78 is 39.1. The summed E-state index contributed by atoms with van der Waals surface area (Å²) in [6.07, 6.45) is -1.18. The number of anilines is 3. The van der Waals surface area contributed by atoms with E-state index in [2.05, 4.69) is 20.6 Å². The topological polar surface area (TPSA) is 66.9 Å². The van der Waals surface area contributed by atoms with E-state index in [1.807, 2.05) is 31.2 Å². The molecule has 0 saturated heterocycles. The third-order valence-electron chi connectivity index (χ3n) is 4.03. The van der Waals surface area contributed by atoms with Crippen molar-refractivity contribution in [2.45, 2.75) is 19.5 Å². The van der Waals surface area contributed by atoms with Crippen molar-refractivity contribution in [2.24, 2.45) is 0 Å². The highest BCUT2D eigenvalue weighted by molar-refractivity contribution is 6.03. The minimum Gasteiger partial charge on any atom is -0.339 e. The third kappa shape index (κ3) is 4.46. The van der Waals surface area contributed by atoms with Crippen LogP contribution >= 0.6 is 0 Å². The number of aromatic nitrogens is 2. The summed E-state index contributed by atoms with van der Waals surface area (Å²) in [5.41, 5.74) is 0.614. The lowest BCUT2D eigenvalue weighted by Crippen LogP contribution is -2.18. The molecule has 0 radical (unpaired) electrons. The van der Waals surface area contributed by atoms with Gasteiger partial charge in [0.25, 0.3) is 5.91 Å². The number of nitrogens with zero attached hydrogens (tertiary/aromatic N) is 2. The van der Waals surface area contributed by atoms with Crippen molar-refractivity contribution in [1.29, 1.82) is 0 Å². The van der Waals surface area contributed by atoms with Crippen molar-refractivity contribution in [1.82, 2.24) is 9.97 Å². The van der Waals surface area contributed by atoms with Gasteiger partial charge in [0.15, 0.2) is 0 Å². The Kier molecular flexibility index (Phi) is 5.58. The molecule has 28 heavy (non-hydrogen) atoms. The van der Waals surface area contributed by atoms with Gasteiger partial charge in [-0.1, -0.05) is 37.3 Å². The van der Waals surface area contributed by atoms with E-state index in [-0.39, 0.29) is 11.4 Å². The number of halogens is 3. The number of alkyl halides is 3. The third-order valence-corrected chi connectivity index (χ3v) is 4.03. The fourth-order valence-electron chi connectivity index (χ4n) is 2.62. The number of benzene rings is 2. The fourth-order valence-corrected chi connectivity index (χ4v) is 2.62. The van der Waals surface area contributed by atoms with Crippen LogP contribution in [-0.2, 0) is 12.6 Å². The van der Waals surface area contributed by atoms with Crippen LogP contribution in [0, 0.1) is 0 Å². The molecule has 3 rings (SSSR count). The van der Waals surface area contributed by atoms with E-state index in [1.165, 1.54) is 30.6 Å². The largest absolute Gasteiger partial charge is 0.418 e. The molecule has 0 fully saturated rings. The molecule has 2 N–H and O–H groups in total. The summed E-state index contributed by atoms with van der Waals surface area (Å²) in [6.45, 7) is 2.03. The maximum Gasteiger partial charge on any atom is 0.418 e. The van der Waals surface area contributed by atoms with Crippen LogP contribution in [0.1, 0.15) is 28.5 Å². The van der Waals surface area contributed by atoms with Gasteiger partial charge in [-0.2, -0.15) is 13.2 Å². The Morgan fingerprint density at radius 1 is 0.964 bits per heavy atom. The minimum absolute atomic E-state index is 0.0914. The van der Waals surface area contributed by atoms with Crippen molar-refractivity contribution < 1.29 is 18.0 Å². The lowest BCUT2D eigenvalue weighted by atomic mass is 10.1. The number of rotatable bonds is 5. The zero-order chi connectivity index (χ0) is 20.1. The summed E-state index contributed by atoms with van der Waals surface area (Å²) in [4.78, 5) is 20.4. The Hall–Kier alpha value is -3.42. The van der Waals surface area contributed by atoms with E-state index < -0.39 is 17.6 Å². The normalized spacial score (nSPS) is 11.1. The van der Waals surface area contributed by atoms with E-state index in [9.17, 15) is 18.0 Å². The molecule has 0 aliphatic carbocycles. The number of para-hydroxylation sites is 2. The molecule has 144 valence electrons. The quantitative estimate of drug-likeness (QED) is 0.644. The van der Waals surface area contributed by atoms with Gasteiger partial charge < -0.3 is 10.6 Å². The zero-order valence-electron chi connectivity index (χ0n) is 14.9. The number of amides is 1. The fraction of sp³-hybridized carbons (Fsp3) is 0.150. The molecule has 1 aromatic heterocycles. The zero-order valence-corrected chi connectivity index (χ0v) is 14.9. The number of carbonyl (C=O) groups is 1. The second kappa shape index (κ2) is 8.08.